The highest BCUT2D eigenvalue weighted by atomic mass is 16.5. The standard InChI is InChI=1S/C20H25NO3/c1-4-20(22)23-17-10-11-18(15(2)14-17)24-19(12-13-21-3)16-8-6-5-7-9-16/h5-11,14,19,21H,4,12-13H2,1-3H3/t19-/m1/s1. The average molecular weight is 327 g/mol. The van der Waals surface area contributed by atoms with E-state index in [1.807, 2.05) is 44.3 Å². The molecule has 2 aromatic carbocycles. The lowest BCUT2D eigenvalue weighted by molar-refractivity contribution is -0.134. The SMILES string of the molecule is CCC(=O)Oc1ccc(O[C@H](CCNC)c2ccccc2)c(C)c1. The van der Waals surface area contributed by atoms with Crippen molar-refractivity contribution in [1.82, 2.24) is 5.32 Å². The summed E-state index contributed by atoms with van der Waals surface area (Å²) in [5, 5.41) is 3.17. The molecule has 0 saturated carbocycles. The molecule has 2 aromatic rings. The number of carbonyl (C=O) groups excluding carboxylic acids is 1. The number of esters is 1. The predicted molar refractivity (Wildman–Crippen MR) is 95.5 cm³/mol. The van der Waals surface area contributed by atoms with E-state index in [0.717, 1.165) is 29.8 Å². The van der Waals surface area contributed by atoms with Crippen LogP contribution < -0.4 is 14.8 Å². The monoisotopic (exact) mass is 327 g/mol. The van der Waals surface area contributed by atoms with E-state index >= 15 is 0 Å². The lowest BCUT2D eigenvalue weighted by Gasteiger charge is -2.21. The first-order valence-electron chi connectivity index (χ1n) is 8.31. The Kier molecular flexibility index (Phi) is 6.82. The number of hydrogen-bond donors (Lipinski definition) is 1. The second kappa shape index (κ2) is 9.08. The molecule has 0 fully saturated rings. The number of carbonyl (C=O) groups is 1. The van der Waals surface area contributed by atoms with Crippen LogP contribution >= 0.6 is 0 Å². The van der Waals surface area contributed by atoms with Crippen molar-refractivity contribution in [1.29, 1.82) is 0 Å². The van der Waals surface area contributed by atoms with Gasteiger partial charge >= 0.3 is 5.97 Å². The van der Waals surface area contributed by atoms with E-state index in [2.05, 4.69) is 17.4 Å². The van der Waals surface area contributed by atoms with Gasteiger partial charge in [-0.3, -0.25) is 4.79 Å². The van der Waals surface area contributed by atoms with Gasteiger partial charge in [-0.25, -0.2) is 0 Å². The highest BCUT2D eigenvalue weighted by molar-refractivity contribution is 5.72. The van der Waals surface area contributed by atoms with Gasteiger partial charge in [-0.2, -0.15) is 0 Å². The minimum absolute atomic E-state index is 0.0265. The first kappa shape index (κ1) is 18.0. The fourth-order valence-electron chi connectivity index (χ4n) is 2.41. The Morgan fingerprint density at radius 3 is 2.54 bits per heavy atom. The molecule has 128 valence electrons. The molecule has 0 aliphatic rings. The van der Waals surface area contributed by atoms with Crippen molar-refractivity contribution in [2.75, 3.05) is 13.6 Å². The Hall–Kier alpha value is -2.33. The van der Waals surface area contributed by atoms with Gasteiger partial charge in [0.2, 0.25) is 0 Å². The van der Waals surface area contributed by atoms with Crippen molar-refractivity contribution in [3.8, 4) is 11.5 Å². The molecule has 0 aromatic heterocycles. The molecular weight excluding hydrogens is 302 g/mol. The summed E-state index contributed by atoms with van der Waals surface area (Å²) < 4.78 is 11.5. The zero-order valence-corrected chi connectivity index (χ0v) is 14.5. The Morgan fingerprint density at radius 2 is 1.92 bits per heavy atom. The van der Waals surface area contributed by atoms with Gasteiger partial charge in [-0.05, 0) is 49.8 Å². The minimum atomic E-state index is -0.237. The van der Waals surface area contributed by atoms with Gasteiger partial charge in [0.25, 0.3) is 0 Å². The lowest BCUT2D eigenvalue weighted by atomic mass is 10.1. The van der Waals surface area contributed by atoms with Crippen LogP contribution in [0.15, 0.2) is 48.5 Å². The maximum Gasteiger partial charge on any atom is 0.310 e. The maximum absolute atomic E-state index is 11.4. The number of rotatable bonds is 8. The van der Waals surface area contributed by atoms with Gasteiger partial charge in [0.15, 0.2) is 0 Å². The first-order valence-corrected chi connectivity index (χ1v) is 8.31. The molecule has 0 bridgehead atoms. The second-order valence-corrected chi connectivity index (χ2v) is 5.66. The quantitative estimate of drug-likeness (QED) is 0.587. The van der Waals surface area contributed by atoms with Gasteiger partial charge in [0, 0.05) is 12.8 Å². The average Bonchev–Trinajstić information content (AvgIpc) is 2.61. The number of ether oxygens (including phenoxy) is 2. The highest BCUT2D eigenvalue weighted by Gasteiger charge is 2.14. The Bertz CT molecular complexity index is 655. The maximum atomic E-state index is 11.4. The molecular formula is C20H25NO3. The zero-order valence-electron chi connectivity index (χ0n) is 14.5. The molecule has 0 spiro atoms. The Morgan fingerprint density at radius 1 is 1.17 bits per heavy atom. The van der Waals surface area contributed by atoms with Gasteiger partial charge < -0.3 is 14.8 Å². The van der Waals surface area contributed by atoms with Crippen LogP contribution in [-0.4, -0.2) is 19.6 Å². The van der Waals surface area contributed by atoms with E-state index in [-0.39, 0.29) is 12.1 Å². The summed E-state index contributed by atoms with van der Waals surface area (Å²) >= 11 is 0. The Balaban J connectivity index is 2.15. The fourth-order valence-corrected chi connectivity index (χ4v) is 2.41. The third-order valence-electron chi connectivity index (χ3n) is 3.76. The molecule has 0 aliphatic heterocycles. The van der Waals surface area contributed by atoms with Gasteiger partial charge in [-0.1, -0.05) is 37.3 Å². The molecule has 0 heterocycles. The van der Waals surface area contributed by atoms with E-state index in [4.69, 9.17) is 9.47 Å². The van der Waals surface area contributed by atoms with Crippen LogP contribution in [0.2, 0.25) is 0 Å². The van der Waals surface area contributed by atoms with E-state index < -0.39 is 0 Å². The summed E-state index contributed by atoms with van der Waals surface area (Å²) in [7, 11) is 1.93. The number of nitrogens with one attached hydrogen (secondary N) is 1. The molecule has 1 atom stereocenters. The number of hydrogen-bond acceptors (Lipinski definition) is 4. The summed E-state index contributed by atoms with van der Waals surface area (Å²) in [5.74, 6) is 1.12. The Labute approximate surface area is 143 Å². The van der Waals surface area contributed by atoms with E-state index in [9.17, 15) is 4.79 Å². The van der Waals surface area contributed by atoms with Crippen LogP contribution in [0, 0.1) is 6.92 Å². The third kappa shape index (κ3) is 5.10. The summed E-state index contributed by atoms with van der Waals surface area (Å²) in [5.41, 5.74) is 2.09. The summed E-state index contributed by atoms with van der Waals surface area (Å²) in [6, 6.07) is 15.7. The topological polar surface area (TPSA) is 47.6 Å². The van der Waals surface area contributed by atoms with Crippen molar-refractivity contribution < 1.29 is 14.3 Å². The van der Waals surface area contributed by atoms with Crippen molar-refractivity contribution in [3.63, 3.8) is 0 Å². The lowest BCUT2D eigenvalue weighted by Crippen LogP contribution is -2.16. The second-order valence-electron chi connectivity index (χ2n) is 5.66. The van der Waals surface area contributed by atoms with Gasteiger partial charge in [0.1, 0.15) is 17.6 Å². The predicted octanol–water partition coefficient (Wildman–Crippen LogP) is 4.04. The smallest absolute Gasteiger partial charge is 0.310 e. The number of benzene rings is 2. The van der Waals surface area contributed by atoms with Crippen molar-refractivity contribution in [3.05, 3.63) is 59.7 Å². The molecule has 0 aliphatic carbocycles. The van der Waals surface area contributed by atoms with Crippen molar-refractivity contribution in [2.24, 2.45) is 0 Å². The minimum Gasteiger partial charge on any atom is -0.485 e. The summed E-state index contributed by atoms with van der Waals surface area (Å²) in [6.45, 7) is 4.60. The van der Waals surface area contributed by atoms with Gasteiger partial charge in [0.05, 0.1) is 0 Å². The van der Waals surface area contributed by atoms with Crippen LogP contribution in [0.5, 0.6) is 11.5 Å². The van der Waals surface area contributed by atoms with Crippen LogP contribution in [0.1, 0.15) is 37.0 Å². The van der Waals surface area contributed by atoms with E-state index in [0.29, 0.717) is 12.2 Å². The van der Waals surface area contributed by atoms with E-state index in [1.165, 1.54) is 0 Å². The molecule has 0 unspecified atom stereocenters. The molecule has 4 heteroatoms. The van der Waals surface area contributed by atoms with E-state index in [1.54, 1.807) is 13.0 Å². The third-order valence-corrected chi connectivity index (χ3v) is 3.76. The molecule has 0 amide bonds. The van der Waals surface area contributed by atoms with Crippen LogP contribution in [0.25, 0.3) is 0 Å². The highest BCUT2D eigenvalue weighted by Crippen LogP contribution is 2.29. The molecule has 4 nitrogen and oxygen atoms in total. The molecule has 24 heavy (non-hydrogen) atoms. The van der Waals surface area contributed by atoms with Crippen LogP contribution in [0.4, 0.5) is 0 Å². The summed E-state index contributed by atoms with van der Waals surface area (Å²) in [6.07, 6.45) is 1.20. The van der Waals surface area contributed by atoms with Gasteiger partial charge in [-0.15, -0.1) is 0 Å². The zero-order chi connectivity index (χ0) is 17.4. The molecule has 0 radical (unpaired) electrons. The molecule has 0 saturated heterocycles. The largest absolute Gasteiger partial charge is 0.485 e. The summed E-state index contributed by atoms with van der Waals surface area (Å²) in [4.78, 5) is 11.4. The molecule has 1 N–H and O–H groups in total. The van der Waals surface area contributed by atoms with Crippen molar-refractivity contribution >= 4 is 5.97 Å². The first-order chi connectivity index (χ1) is 11.6. The fraction of sp³-hybridized carbons (Fsp3) is 0.350. The van der Waals surface area contributed by atoms with Crippen LogP contribution in [0.3, 0.4) is 0 Å². The number of aryl methyl sites for hydroxylation is 1. The normalized spacial score (nSPS) is 11.8. The molecule has 2 rings (SSSR count). The van der Waals surface area contributed by atoms with Crippen molar-refractivity contribution in [2.45, 2.75) is 32.8 Å². The van der Waals surface area contributed by atoms with Crippen LogP contribution in [-0.2, 0) is 4.79 Å².